The van der Waals surface area contributed by atoms with Crippen LogP contribution in [0, 0.1) is 5.92 Å². The Morgan fingerprint density at radius 3 is 2.61 bits per heavy atom. The molecule has 10 heteroatoms. The van der Waals surface area contributed by atoms with Gasteiger partial charge in [0.15, 0.2) is 0 Å². The Labute approximate surface area is 209 Å². The minimum atomic E-state index is -0.223. The number of amides is 2. The molecule has 3 N–H and O–H groups in total. The molecule has 0 bridgehead atoms. The summed E-state index contributed by atoms with van der Waals surface area (Å²) in [7, 11) is 0. The highest BCUT2D eigenvalue weighted by Gasteiger charge is 2.31. The summed E-state index contributed by atoms with van der Waals surface area (Å²) in [5.41, 5.74) is 8.27. The van der Waals surface area contributed by atoms with Crippen LogP contribution >= 0.6 is 0 Å². The monoisotopic (exact) mass is 489 g/mol. The van der Waals surface area contributed by atoms with E-state index in [0.717, 1.165) is 74.5 Å². The van der Waals surface area contributed by atoms with E-state index in [9.17, 15) is 9.59 Å². The fraction of sp³-hybridized carbons (Fsp3) is 0.423. The van der Waals surface area contributed by atoms with Crippen molar-refractivity contribution in [2.45, 2.75) is 45.2 Å². The van der Waals surface area contributed by atoms with E-state index in [1.54, 1.807) is 6.20 Å². The summed E-state index contributed by atoms with van der Waals surface area (Å²) < 4.78 is 5.72. The molecule has 4 heterocycles. The van der Waals surface area contributed by atoms with E-state index in [0.29, 0.717) is 11.7 Å². The van der Waals surface area contributed by atoms with Crippen LogP contribution in [0.15, 0.2) is 47.1 Å². The van der Waals surface area contributed by atoms with Crippen molar-refractivity contribution in [3.05, 3.63) is 54.0 Å². The van der Waals surface area contributed by atoms with Crippen LogP contribution in [0.2, 0.25) is 0 Å². The lowest BCUT2D eigenvalue weighted by Crippen LogP contribution is -2.38. The number of pyridine rings is 1. The molecule has 1 atom stereocenters. The zero-order valence-electron chi connectivity index (χ0n) is 20.4. The maximum atomic E-state index is 11.5. The number of primary amides is 1. The average Bonchev–Trinajstić information content (AvgIpc) is 3.55. The molecular formula is C26H31N7O3. The fourth-order valence-electron chi connectivity index (χ4n) is 5.04. The highest BCUT2D eigenvalue weighted by Crippen LogP contribution is 2.34. The van der Waals surface area contributed by atoms with Crippen molar-refractivity contribution in [3.63, 3.8) is 0 Å². The maximum absolute atomic E-state index is 11.5. The molecule has 0 radical (unpaired) electrons. The molecule has 2 aliphatic rings. The zero-order chi connectivity index (χ0) is 25.1. The number of nitrogens with zero attached hydrogens (tertiary/aromatic N) is 5. The van der Waals surface area contributed by atoms with Crippen LogP contribution in [0.25, 0.3) is 11.4 Å². The lowest BCUT2D eigenvalue weighted by Gasteiger charge is -2.31. The van der Waals surface area contributed by atoms with Gasteiger partial charge in [0.1, 0.15) is 5.82 Å². The Bertz CT molecular complexity index is 1220. The number of likely N-dealkylation sites (tertiary alicyclic amines) is 1. The van der Waals surface area contributed by atoms with E-state index in [2.05, 4.69) is 25.3 Å². The predicted octanol–water partition coefficient (Wildman–Crippen LogP) is 3.13. The van der Waals surface area contributed by atoms with Gasteiger partial charge in [-0.3, -0.25) is 14.5 Å². The van der Waals surface area contributed by atoms with Crippen molar-refractivity contribution in [3.8, 4) is 11.4 Å². The molecule has 36 heavy (non-hydrogen) atoms. The fourth-order valence-corrected chi connectivity index (χ4v) is 5.04. The van der Waals surface area contributed by atoms with E-state index in [1.807, 2.05) is 36.4 Å². The molecule has 0 aliphatic carbocycles. The molecule has 5 rings (SSSR count). The number of hydrogen-bond donors (Lipinski definition) is 2. The molecule has 0 saturated carbocycles. The Hall–Kier alpha value is -3.79. The third-order valence-corrected chi connectivity index (χ3v) is 6.98. The average molecular weight is 490 g/mol. The highest BCUT2D eigenvalue weighted by molar-refractivity contribution is 5.88. The molecule has 2 aliphatic heterocycles. The molecule has 188 valence electrons. The SMILES string of the molecule is CC(=O)Nc1ccc(CN2CCCC2c2nc(-c3ccnc(N4CCC(C(N)=O)CC4)c3)no2)cc1. The number of hydrogen-bond acceptors (Lipinski definition) is 8. The Morgan fingerprint density at radius 2 is 1.89 bits per heavy atom. The summed E-state index contributed by atoms with van der Waals surface area (Å²) in [5, 5.41) is 7.07. The summed E-state index contributed by atoms with van der Waals surface area (Å²) in [5.74, 6) is 1.65. The van der Waals surface area contributed by atoms with Crippen molar-refractivity contribution in [1.82, 2.24) is 20.0 Å². The van der Waals surface area contributed by atoms with Gasteiger partial charge in [0.2, 0.25) is 23.5 Å². The second kappa shape index (κ2) is 10.4. The second-order valence-electron chi connectivity index (χ2n) is 9.53. The van der Waals surface area contributed by atoms with Gasteiger partial charge in [-0.15, -0.1) is 0 Å². The first kappa shape index (κ1) is 23.9. The molecule has 2 saturated heterocycles. The summed E-state index contributed by atoms with van der Waals surface area (Å²) >= 11 is 0. The first-order valence-corrected chi connectivity index (χ1v) is 12.4. The Morgan fingerprint density at radius 1 is 1.11 bits per heavy atom. The van der Waals surface area contributed by atoms with Crippen LogP contribution in [-0.4, -0.2) is 51.5 Å². The van der Waals surface area contributed by atoms with Gasteiger partial charge in [0.05, 0.1) is 6.04 Å². The first-order chi connectivity index (χ1) is 17.5. The number of benzene rings is 1. The third kappa shape index (κ3) is 5.38. The number of carbonyl (C=O) groups is 2. The lowest BCUT2D eigenvalue weighted by molar-refractivity contribution is -0.122. The Kier molecular flexibility index (Phi) is 6.95. The van der Waals surface area contributed by atoms with Gasteiger partial charge in [0.25, 0.3) is 0 Å². The van der Waals surface area contributed by atoms with Crippen LogP contribution in [0.4, 0.5) is 11.5 Å². The number of carbonyl (C=O) groups excluding carboxylic acids is 2. The smallest absolute Gasteiger partial charge is 0.244 e. The number of nitrogens with two attached hydrogens (primary N) is 1. The second-order valence-corrected chi connectivity index (χ2v) is 9.53. The van der Waals surface area contributed by atoms with Gasteiger partial charge < -0.3 is 20.5 Å². The zero-order valence-corrected chi connectivity index (χ0v) is 20.4. The van der Waals surface area contributed by atoms with Gasteiger partial charge >= 0.3 is 0 Å². The standard InChI is InChI=1S/C26H31N7O3/c1-17(34)29-21-6-4-18(5-7-21)16-33-12-2-3-22(33)26-30-25(31-36-26)20-8-11-28-23(15-20)32-13-9-19(10-14-32)24(27)35/h4-8,11,15,19,22H,2-3,9-10,12-14,16H2,1H3,(H2,27,35)(H,29,34). The topological polar surface area (TPSA) is 130 Å². The van der Waals surface area contributed by atoms with E-state index in [1.165, 1.54) is 6.92 Å². The molecule has 3 aromatic rings. The lowest BCUT2D eigenvalue weighted by atomic mass is 9.96. The van der Waals surface area contributed by atoms with E-state index in [-0.39, 0.29) is 23.8 Å². The van der Waals surface area contributed by atoms with Crippen LogP contribution in [-0.2, 0) is 16.1 Å². The van der Waals surface area contributed by atoms with Crippen molar-refractivity contribution in [2.24, 2.45) is 11.7 Å². The van der Waals surface area contributed by atoms with Gasteiger partial charge in [-0.2, -0.15) is 4.98 Å². The van der Waals surface area contributed by atoms with Crippen LogP contribution < -0.4 is 16.0 Å². The van der Waals surface area contributed by atoms with Gasteiger partial charge in [-0.25, -0.2) is 4.98 Å². The minimum Gasteiger partial charge on any atom is -0.369 e. The predicted molar refractivity (Wildman–Crippen MR) is 135 cm³/mol. The molecule has 2 amide bonds. The molecule has 10 nitrogen and oxygen atoms in total. The van der Waals surface area contributed by atoms with Crippen molar-refractivity contribution in [2.75, 3.05) is 29.9 Å². The minimum absolute atomic E-state index is 0.0614. The van der Waals surface area contributed by atoms with Crippen LogP contribution in [0.1, 0.15) is 50.1 Å². The molecule has 2 fully saturated rings. The largest absolute Gasteiger partial charge is 0.369 e. The molecule has 2 aromatic heterocycles. The van der Waals surface area contributed by atoms with E-state index >= 15 is 0 Å². The van der Waals surface area contributed by atoms with Gasteiger partial charge in [-0.05, 0) is 62.1 Å². The quantitative estimate of drug-likeness (QED) is 0.518. The van der Waals surface area contributed by atoms with Crippen LogP contribution in [0.3, 0.4) is 0 Å². The molecule has 1 aromatic carbocycles. The van der Waals surface area contributed by atoms with Gasteiger partial charge in [0, 0.05) is 49.9 Å². The summed E-state index contributed by atoms with van der Waals surface area (Å²) in [6.07, 6.45) is 5.25. The van der Waals surface area contributed by atoms with Crippen molar-refractivity contribution in [1.29, 1.82) is 0 Å². The maximum Gasteiger partial charge on any atom is 0.244 e. The summed E-state index contributed by atoms with van der Waals surface area (Å²) in [6, 6.07) is 11.8. The number of anilines is 2. The van der Waals surface area contributed by atoms with Gasteiger partial charge in [-0.1, -0.05) is 17.3 Å². The molecule has 0 spiro atoms. The normalized spacial score (nSPS) is 18.9. The first-order valence-electron chi connectivity index (χ1n) is 12.4. The van der Waals surface area contributed by atoms with Crippen molar-refractivity contribution < 1.29 is 14.1 Å². The van der Waals surface area contributed by atoms with Crippen LogP contribution in [0.5, 0.6) is 0 Å². The van der Waals surface area contributed by atoms with E-state index in [4.69, 9.17) is 15.2 Å². The summed E-state index contributed by atoms with van der Waals surface area (Å²) in [4.78, 5) is 36.5. The molecule has 1 unspecified atom stereocenters. The summed E-state index contributed by atoms with van der Waals surface area (Å²) in [6.45, 7) is 4.71. The Balaban J connectivity index is 1.26. The van der Waals surface area contributed by atoms with Crippen molar-refractivity contribution >= 4 is 23.3 Å². The third-order valence-electron chi connectivity index (χ3n) is 6.98. The van der Waals surface area contributed by atoms with E-state index < -0.39 is 0 Å². The number of nitrogens with one attached hydrogen (secondary N) is 1. The molecular weight excluding hydrogens is 458 g/mol. The number of aromatic nitrogens is 3. The number of rotatable bonds is 7. The number of piperidine rings is 1. The highest BCUT2D eigenvalue weighted by atomic mass is 16.5.